The van der Waals surface area contributed by atoms with Gasteiger partial charge >= 0.3 is 0 Å². The van der Waals surface area contributed by atoms with Crippen LogP contribution in [0.2, 0.25) is 5.15 Å². The number of imidazole rings is 1. The summed E-state index contributed by atoms with van der Waals surface area (Å²) in [7, 11) is 0. The fourth-order valence-corrected chi connectivity index (χ4v) is 5.23. The molecule has 1 amide bonds. The summed E-state index contributed by atoms with van der Waals surface area (Å²) in [6, 6.07) is 15.7. The molecule has 2 aromatic heterocycles. The zero-order chi connectivity index (χ0) is 25.6. The van der Waals surface area contributed by atoms with Crippen LogP contribution in [-0.4, -0.2) is 48.7 Å². The number of hydrogen-bond donors (Lipinski definition) is 3. The number of aryl methyl sites for hydroxylation is 1. The summed E-state index contributed by atoms with van der Waals surface area (Å²) in [4.78, 5) is 19.6. The van der Waals surface area contributed by atoms with Gasteiger partial charge in [0, 0.05) is 48.8 Å². The molecule has 1 aliphatic heterocycles. The van der Waals surface area contributed by atoms with E-state index < -0.39 is 4.16 Å². The van der Waals surface area contributed by atoms with Crippen molar-refractivity contribution >= 4 is 36.0 Å². The molecule has 10 heteroatoms. The summed E-state index contributed by atoms with van der Waals surface area (Å²) >= 11 is 10.7. The van der Waals surface area contributed by atoms with Crippen LogP contribution in [0.3, 0.4) is 0 Å². The van der Waals surface area contributed by atoms with Gasteiger partial charge < -0.3 is 4.90 Å². The Kier molecular flexibility index (Phi) is 6.52. The number of quaternary nitrogens is 1. The maximum atomic E-state index is 14.8. The van der Waals surface area contributed by atoms with Gasteiger partial charge in [-0.3, -0.25) is 9.20 Å². The number of nitrogens with two attached hydrogens (primary N) is 1. The van der Waals surface area contributed by atoms with Crippen molar-refractivity contribution < 1.29 is 18.6 Å². The number of aromatic nitrogens is 2. The SMILES string of the molecule is Cc1ccc(-c2ccccc2-c2nc3cc(C(=O)N4CCC([N+](N)(O)S)CC4)ccn3c2Cl)c(F)c1. The highest BCUT2D eigenvalue weighted by atomic mass is 35.5. The number of hydroxylamine groups is 1. The molecule has 0 aliphatic carbocycles. The smallest absolute Gasteiger partial charge is 0.254 e. The molecule has 186 valence electrons. The molecule has 1 fully saturated rings. The molecule has 5 rings (SSSR count). The number of amides is 1. The van der Waals surface area contributed by atoms with Crippen molar-refractivity contribution in [3.05, 3.63) is 82.9 Å². The van der Waals surface area contributed by atoms with Crippen molar-refractivity contribution in [2.75, 3.05) is 13.1 Å². The summed E-state index contributed by atoms with van der Waals surface area (Å²) in [5, 5.41) is 10.2. The first-order valence-electron chi connectivity index (χ1n) is 11.6. The summed E-state index contributed by atoms with van der Waals surface area (Å²) in [5.41, 5.74) is 4.18. The van der Waals surface area contributed by atoms with Crippen molar-refractivity contribution in [2.24, 2.45) is 5.84 Å². The number of halogens is 2. The molecular formula is C26H26ClFN5O2S+. The van der Waals surface area contributed by atoms with Crippen LogP contribution in [0.1, 0.15) is 28.8 Å². The number of likely N-dealkylation sites (tertiary alicyclic amines) is 1. The van der Waals surface area contributed by atoms with Crippen LogP contribution in [-0.2, 0) is 0 Å². The van der Waals surface area contributed by atoms with Gasteiger partial charge in [-0.05, 0) is 36.2 Å². The van der Waals surface area contributed by atoms with Crippen molar-refractivity contribution in [1.82, 2.24) is 14.3 Å². The summed E-state index contributed by atoms with van der Waals surface area (Å²) in [5.74, 6) is 5.19. The Morgan fingerprint density at radius 3 is 2.50 bits per heavy atom. The first kappa shape index (κ1) is 24.7. The molecular weight excluding hydrogens is 501 g/mol. The van der Waals surface area contributed by atoms with E-state index in [1.807, 2.05) is 37.3 Å². The predicted molar refractivity (Wildman–Crippen MR) is 140 cm³/mol. The molecule has 1 saturated heterocycles. The second-order valence-corrected chi connectivity index (χ2v) is 10.1. The number of piperidine rings is 1. The summed E-state index contributed by atoms with van der Waals surface area (Å²) < 4.78 is 15.6. The van der Waals surface area contributed by atoms with E-state index in [0.717, 1.165) is 5.56 Å². The van der Waals surface area contributed by atoms with Crippen molar-refractivity contribution in [1.29, 1.82) is 0 Å². The van der Waals surface area contributed by atoms with Crippen molar-refractivity contribution in [2.45, 2.75) is 25.8 Å². The third-order valence-corrected chi connectivity index (χ3v) is 7.39. The first-order chi connectivity index (χ1) is 17.1. The molecule has 0 radical (unpaired) electrons. The zero-order valence-corrected chi connectivity index (χ0v) is 21.3. The molecule has 1 aliphatic rings. The lowest BCUT2D eigenvalue weighted by atomic mass is 9.97. The second kappa shape index (κ2) is 9.49. The maximum Gasteiger partial charge on any atom is 0.254 e. The lowest BCUT2D eigenvalue weighted by Crippen LogP contribution is -2.55. The number of benzene rings is 2. The Morgan fingerprint density at radius 2 is 1.83 bits per heavy atom. The van der Waals surface area contributed by atoms with Crippen LogP contribution < -0.4 is 5.84 Å². The Bertz CT molecular complexity index is 1460. The van der Waals surface area contributed by atoms with Gasteiger partial charge in [0.1, 0.15) is 35.1 Å². The van der Waals surface area contributed by atoms with E-state index in [1.165, 1.54) is 6.07 Å². The van der Waals surface area contributed by atoms with Crippen LogP contribution >= 0.6 is 24.4 Å². The quantitative estimate of drug-likeness (QED) is 0.146. The topological polar surface area (TPSA) is 83.9 Å². The number of rotatable bonds is 4. The number of carbonyl (C=O) groups is 1. The number of nitrogens with zero attached hydrogens (tertiary/aromatic N) is 4. The van der Waals surface area contributed by atoms with Gasteiger partial charge in [-0.1, -0.05) is 52.2 Å². The first-order valence-corrected chi connectivity index (χ1v) is 12.4. The highest BCUT2D eigenvalue weighted by molar-refractivity contribution is 7.74. The number of carbonyl (C=O) groups excluding carboxylic acids is 1. The van der Waals surface area contributed by atoms with E-state index in [2.05, 4.69) is 12.8 Å². The third-order valence-electron chi connectivity index (χ3n) is 6.70. The number of thiol groups is 1. The number of fused-ring (bicyclic) bond motifs is 1. The molecule has 0 bridgehead atoms. The Labute approximate surface area is 218 Å². The molecule has 0 spiro atoms. The highest BCUT2D eigenvalue weighted by Crippen LogP contribution is 2.37. The molecule has 1 unspecified atom stereocenters. The minimum absolute atomic E-state index is 0.133. The molecule has 36 heavy (non-hydrogen) atoms. The van der Waals surface area contributed by atoms with Crippen LogP contribution in [0.15, 0.2) is 60.8 Å². The molecule has 7 nitrogen and oxygen atoms in total. The van der Waals surface area contributed by atoms with Crippen LogP contribution in [0.5, 0.6) is 0 Å². The molecule has 1 atom stereocenters. The second-order valence-electron chi connectivity index (χ2n) is 9.15. The van der Waals surface area contributed by atoms with E-state index in [-0.39, 0.29) is 17.8 Å². The van der Waals surface area contributed by atoms with Gasteiger partial charge in [0.25, 0.3) is 5.91 Å². The largest absolute Gasteiger partial charge is 0.338 e. The van der Waals surface area contributed by atoms with Gasteiger partial charge in [0.2, 0.25) is 0 Å². The average molecular weight is 527 g/mol. The Hall–Kier alpha value is -2.95. The lowest BCUT2D eigenvalue weighted by Gasteiger charge is -2.35. The minimum Gasteiger partial charge on any atom is -0.338 e. The van der Waals surface area contributed by atoms with Crippen molar-refractivity contribution in [3.63, 3.8) is 0 Å². The molecule has 3 N–H and O–H groups in total. The zero-order valence-electron chi connectivity index (χ0n) is 19.6. The fourth-order valence-electron chi connectivity index (χ4n) is 4.71. The Morgan fingerprint density at radius 1 is 1.14 bits per heavy atom. The maximum absolute atomic E-state index is 14.8. The number of pyridine rings is 1. The molecule has 0 saturated carbocycles. The third kappa shape index (κ3) is 4.60. The van der Waals surface area contributed by atoms with Crippen LogP contribution in [0, 0.1) is 12.7 Å². The lowest BCUT2D eigenvalue weighted by molar-refractivity contribution is -1.02. The average Bonchev–Trinajstić information content (AvgIpc) is 3.19. The van der Waals surface area contributed by atoms with Gasteiger partial charge in [-0.15, -0.1) is 5.84 Å². The standard InChI is InChI=1S/C26H26ClFN5O2S/c1-16-6-7-20(22(28)14-16)19-4-2-3-5-21(19)24-25(27)32-13-8-17(15-23(32)30-24)26(34)31-11-9-18(10-12-31)33(29,35)36/h2-8,13-15,18,35-36H,9-12,29H2,1H3/q+1. The van der Waals surface area contributed by atoms with E-state index in [1.54, 1.807) is 33.7 Å². The van der Waals surface area contributed by atoms with Crippen LogP contribution in [0.25, 0.3) is 28.0 Å². The molecule has 4 aromatic rings. The van der Waals surface area contributed by atoms with E-state index in [4.69, 9.17) is 22.4 Å². The fraction of sp³-hybridized carbons (Fsp3) is 0.231. The van der Waals surface area contributed by atoms with E-state index in [0.29, 0.717) is 64.7 Å². The number of hydrogen-bond acceptors (Lipinski definition) is 5. The van der Waals surface area contributed by atoms with E-state index >= 15 is 0 Å². The minimum atomic E-state index is -0.892. The highest BCUT2D eigenvalue weighted by Gasteiger charge is 2.35. The van der Waals surface area contributed by atoms with E-state index in [9.17, 15) is 14.4 Å². The summed E-state index contributed by atoms with van der Waals surface area (Å²) in [6.45, 7) is 2.77. The van der Waals surface area contributed by atoms with Crippen LogP contribution in [0.4, 0.5) is 4.39 Å². The summed E-state index contributed by atoms with van der Waals surface area (Å²) in [6.07, 6.45) is 2.79. The normalized spacial score (nSPS) is 16.3. The molecule has 3 heterocycles. The van der Waals surface area contributed by atoms with Gasteiger partial charge in [0.15, 0.2) is 6.04 Å². The molecule has 2 aromatic carbocycles. The van der Waals surface area contributed by atoms with Crippen molar-refractivity contribution in [3.8, 4) is 22.4 Å². The van der Waals surface area contributed by atoms with Gasteiger partial charge in [0.05, 0.1) is 0 Å². The van der Waals surface area contributed by atoms with Gasteiger partial charge in [-0.2, -0.15) is 5.21 Å². The van der Waals surface area contributed by atoms with Gasteiger partial charge in [-0.25, -0.2) is 9.37 Å². The predicted octanol–water partition coefficient (Wildman–Crippen LogP) is 5.30. The monoisotopic (exact) mass is 526 g/mol. The Balaban J connectivity index is 1.48.